The number of hydrogen-bond acceptors (Lipinski definition) is 7. The van der Waals surface area contributed by atoms with Crippen LogP contribution < -0.4 is 9.47 Å². The molecule has 2 aromatic carbocycles. The number of nitrogens with zero attached hydrogens (tertiary/aromatic N) is 2. The second kappa shape index (κ2) is 10.3. The topological polar surface area (TPSA) is 92.8 Å². The van der Waals surface area contributed by atoms with Crippen molar-refractivity contribution in [2.45, 2.75) is 33.4 Å². The fourth-order valence-corrected chi connectivity index (χ4v) is 4.76. The smallest absolute Gasteiger partial charge is 0.344 e. The molecular formula is C28H24ClFN2O6. The second-order valence-corrected chi connectivity index (χ2v) is 9.36. The first-order valence-electron chi connectivity index (χ1n) is 11.9. The first-order valence-corrected chi connectivity index (χ1v) is 12.3. The summed E-state index contributed by atoms with van der Waals surface area (Å²) in [6, 6.07) is 13.3. The van der Waals surface area contributed by atoms with Crippen molar-refractivity contribution < 1.29 is 32.7 Å². The summed E-state index contributed by atoms with van der Waals surface area (Å²) in [6.07, 6.45) is -0.240. The third-order valence-corrected chi connectivity index (χ3v) is 6.74. The number of halogens is 2. The fraction of sp³-hybridized carbons (Fsp3) is 0.250. The molecule has 0 fully saturated rings. The normalized spacial score (nSPS) is 14.4. The molecule has 8 nitrogen and oxygen atoms in total. The Hall–Kier alpha value is -4.11. The largest absolute Gasteiger partial charge is 0.486 e. The molecular weight excluding hydrogens is 515 g/mol. The van der Waals surface area contributed by atoms with Gasteiger partial charge in [-0.1, -0.05) is 35.0 Å². The molecule has 2 aromatic heterocycles. The van der Waals surface area contributed by atoms with E-state index in [-0.39, 0.29) is 39.5 Å². The van der Waals surface area contributed by atoms with Crippen LogP contribution in [0.1, 0.15) is 37.9 Å². The Balaban J connectivity index is 1.29. The summed E-state index contributed by atoms with van der Waals surface area (Å²) < 4.78 is 38.7. The van der Waals surface area contributed by atoms with E-state index in [1.165, 1.54) is 25.1 Å². The Morgan fingerprint density at radius 1 is 1.13 bits per heavy atom. The van der Waals surface area contributed by atoms with Gasteiger partial charge in [-0.25, -0.2) is 9.18 Å². The Morgan fingerprint density at radius 3 is 2.66 bits per heavy atom. The van der Waals surface area contributed by atoms with Gasteiger partial charge < -0.3 is 23.3 Å². The lowest BCUT2D eigenvalue weighted by molar-refractivity contribution is 0.0473. The molecule has 4 aromatic rings. The highest BCUT2D eigenvalue weighted by atomic mass is 35.5. The lowest BCUT2D eigenvalue weighted by Crippen LogP contribution is -2.33. The number of esters is 1. The number of aryl methyl sites for hydroxylation is 2. The van der Waals surface area contributed by atoms with Crippen molar-refractivity contribution >= 4 is 23.4 Å². The van der Waals surface area contributed by atoms with Gasteiger partial charge >= 0.3 is 5.97 Å². The van der Waals surface area contributed by atoms with E-state index >= 15 is 0 Å². The highest BCUT2D eigenvalue weighted by Gasteiger charge is 2.28. The van der Waals surface area contributed by atoms with Crippen LogP contribution in [0, 0.1) is 26.6 Å². The Morgan fingerprint density at radius 2 is 1.89 bits per heavy atom. The van der Waals surface area contributed by atoms with Gasteiger partial charge in [0.15, 0.2) is 24.2 Å². The minimum Gasteiger partial charge on any atom is -0.486 e. The number of hydrogen-bond donors (Lipinski definition) is 0. The first kappa shape index (κ1) is 25.5. The highest BCUT2D eigenvalue weighted by Crippen LogP contribution is 2.34. The van der Waals surface area contributed by atoms with Crippen molar-refractivity contribution in [3.63, 3.8) is 0 Å². The second-order valence-electron chi connectivity index (χ2n) is 8.95. The van der Waals surface area contributed by atoms with Crippen molar-refractivity contribution in [2.24, 2.45) is 0 Å². The number of rotatable bonds is 7. The van der Waals surface area contributed by atoms with E-state index in [1.54, 1.807) is 6.07 Å². The van der Waals surface area contributed by atoms with Crippen molar-refractivity contribution in [1.29, 1.82) is 0 Å². The molecule has 1 atom stereocenters. The SMILES string of the molecule is Cc1onc(-c2c(F)cccc2Cl)c1C(=O)OCC(=O)c1cc(C)n(C[C@@H]2COc3ccccc3O2)c1C. The van der Waals surface area contributed by atoms with Crippen LogP contribution in [-0.4, -0.2) is 40.8 Å². The van der Waals surface area contributed by atoms with Gasteiger partial charge in [-0.15, -0.1) is 0 Å². The zero-order valence-corrected chi connectivity index (χ0v) is 21.7. The van der Waals surface area contributed by atoms with Gasteiger partial charge in [0.05, 0.1) is 17.1 Å². The van der Waals surface area contributed by atoms with Crippen LogP contribution in [0.25, 0.3) is 11.3 Å². The van der Waals surface area contributed by atoms with Crippen LogP contribution >= 0.6 is 11.6 Å². The molecule has 0 amide bonds. The van der Waals surface area contributed by atoms with Gasteiger partial charge in [-0.05, 0) is 51.1 Å². The maximum atomic E-state index is 14.5. The molecule has 38 heavy (non-hydrogen) atoms. The zero-order chi connectivity index (χ0) is 27.0. The number of ketones is 1. The Bertz CT molecular complexity index is 1520. The molecule has 0 saturated carbocycles. The van der Waals surface area contributed by atoms with E-state index in [4.69, 9.17) is 30.3 Å². The number of ether oxygens (including phenoxy) is 3. The van der Waals surface area contributed by atoms with Gasteiger partial charge in [-0.2, -0.15) is 0 Å². The molecule has 5 rings (SSSR count). The number of carbonyl (C=O) groups is 2. The summed E-state index contributed by atoms with van der Waals surface area (Å²) in [5.74, 6) is -0.430. The van der Waals surface area contributed by atoms with Crippen molar-refractivity contribution in [3.8, 4) is 22.8 Å². The summed E-state index contributed by atoms with van der Waals surface area (Å²) in [6.45, 7) is 5.54. The summed E-state index contributed by atoms with van der Waals surface area (Å²) in [4.78, 5) is 26.0. The third-order valence-electron chi connectivity index (χ3n) is 6.43. The number of aromatic nitrogens is 2. The molecule has 1 aliphatic rings. The highest BCUT2D eigenvalue weighted by molar-refractivity contribution is 6.33. The standard InChI is InChI=1S/C28H24ClFN2O6/c1-15-11-19(16(2)32(15)12-18-13-35-23-9-4-5-10-24(23)37-18)22(33)14-36-28(34)25-17(3)38-31-27(25)26-20(29)7-6-8-21(26)30/h4-11,18H,12-14H2,1-3H3/t18-/m1/s1. The molecule has 0 radical (unpaired) electrons. The van der Waals surface area contributed by atoms with E-state index in [2.05, 4.69) is 5.16 Å². The lowest BCUT2D eigenvalue weighted by atomic mass is 10.1. The van der Waals surface area contributed by atoms with Crippen LogP contribution in [0.3, 0.4) is 0 Å². The van der Waals surface area contributed by atoms with Crippen LogP contribution in [0.4, 0.5) is 4.39 Å². The summed E-state index contributed by atoms with van der Waals surface area (Å²) in [5.41, 5.74) is 1.73. The average Bonchev–Trinajstić information content (AvgIpc) is 3.41. The van der Waals surface area contributed by atoms with E-state index in [1.807, 2.05) is 42.7 Å². The minimum atomic E-state index is -0.869. The van der Waals surface area contributed by atoms with Crippen molar-refractivity contribution in [3.05, 3.63) is 87.6 Å². The number of Topliss-reactive ketones (excluding diaryl/α,β-unsaturated/α-hetero) is 1. The van der Waals surface area contributed by atoms with E-state index in [0.717, 1.165) is 5.69 Å². The Kier molecular flexibility index (Phi) is 6.94. The van der Waals surface area contributed by atoms with E-state index in [0.29, 0.717) is 35.9 Å². The zero-order valence-electron chi connectivity index (χ0n) is 20.9. The first-order chi connectivity index (χ1) is 18.2. The molecule has 0 bridgehead atoms. The quantitative estimate of drug-likeness (QED) is 0.219. The molecule has 196 valence electrons. The van der Waals surface area contributed by atoms with Crippen molar-refractivity contribution in [1.82, 2.24) is 9.72 Å². The van der Waals surface area contributed by atoms with Gasteiger partial charge in [0.2, 0.25) is 5.78 Å². The monoisotopic (exact) mass is 538 g/mol. The maximum Gasteiger partial charge on any atom is 0.344 e. The fourth-order valence-electron chi connectivity index (χ4n) is 4.51. The molecule has 0 aliphatic carbocycles. The molecule has 0 N–H and O–H groups in total. The van der Waals surface area contributed by atoms with E-state index < -0.39 is 18.4 Å². The van der Waals surface area contributed by atoms with Gasteiger partial charge in [0.25, 0.3) is 0 Å². The molecule has 1 aliphatic heterocycles. The summed E-state index contributed by atoms with van der Waals surface area (Å²) in [7, 11) is 0. The molecule has 0 saturated heterocycles. The van der Waals surface area contributed by atoms with Gasteiger partial charge in [0.1, 0.15) is 29.4 Å². The van der Waals surface area contributed by atoms with Gasteiger partial charge in [-0.3, -0.25) is 4.79 Å². The molecule has 3 heterocycles. The third kappa shape index (κ3) is 4.77. The molecule has 0 unspecified atom stereocenters. The van der Waals surface area contributed by atoms with Crippen LogP contribution in [-0.2, 0) is 11.3 Å². The predicted molar refractivity (Wildman–Crippen MR) is 137 cm³/mol. The number of para-hydroxylation sites is 2. The van der Waals surface area contributed by atoms with Crippen LogP contribution in [0.2, 0.25) is 5.02 Å². The lowest BCUT2D eigenvalue weighted by Gasteiger charge is -2.27. The van der Waals surface area contributed by atoms with Crippen molar-refractivity contribution in [2.75, 3.05) is 13.2 Å². The minimum absolute atomic E-state index is 0.0618. The Labute approximate surface area is 222 Å². The maximum absolute atomic E-state index is 14.5. The van der Waals surface area contributed by atoms with Gasteiger partial charge in [0, 0.05) is 17.0 Å². The van der Waals surface area contributed by atoms with Crippen LogP contribution in [0.15, 0.2) is 53.1 Å². The number of benzene rings is 2. The van der Waals surface area contributed by atoms with E-state index in [9.17, 15) is 14.0 Å². The molecule has 10 heteroatoms. The molecule has 0 spiro atoms. The number of fused-ring (bicyclic) bond motifs is 1. The summed E-state index contributed by atoms with van der Waals surface area (Å²) in [5, 5.41) is 3.86. The predicted octanol–water partition coefficient (Wildman–Crippen LogP) is 5.74. The van der Waals surface area contributed by atoms with Crippen LogP contribution in [0.5, 0.6) is 11.5 Å². The summed E-state index contributed by atoms with van der Waals surface area (Å²) >= 11 is 6.14. The average molecular weight is 539 g/mol. The number of carbonyl (C=O) groups excluding carboxylic acids is 2.